The zero-order valence-electron chi connectivity index (χ0n) is 11.7. The summed E-state index contributed by atoms with van der Waals surface area (Å²) in [6, 6.07) is 2.62. The van der Waals surface area contributed by atoms with Gasteiger partial charge in [0.2, 0.25) is 0 Å². The SMILES string of the molecule is CCC(C)n1ccc(CNCCCC(C)C)n1. The second kappa shape index (κ2) is 7.49. The summed E-state index contributed by atoms with van der Waals surface area (Å²) in [6.07, 6.45) is 5.76. The third-order valence-corrected chi connectivity index (χ3v) is 3.15. The third-order valence-electron chi connectivity index (χ3n) is 3.15. The average molecular weight is 237 g/mol. The van der Waals surface area contributed by atoms with Crippen LogP contribution in [-0.4, -0.2) is 16.3 Å². The number of hydrogen-bond acceptors (Lipinski definition) is 2. The summed E-state index contributed by atoms with van der Waals surface area (Å²) >= 11 is 0. The fraction of sp³-hybridized carbons (Fsp3) is 0.786. The van der Waals surface area contributed by atoms with E-state index in [4.69, 9.17) is 0 Å². The molecule has 0 aliphatic heterocycles. The quantitative estimate of drug-likeness (QED) is 0.702. The lowest BCUT2D eigenvalue weighted by atomic mass is 10.1. The van der Waals surface area contributed by atoms with Crippen molar-refractivity contribution < 1.29 is 0 Å². The molecule has 1 rings (SSSR count). The Morgan fingerprint density at radius 1 is 1.35 bits per heavy atom. The highest BCUT2D eigenvalue weighted by atomic mass is 15.3. The number of aromatic nitrogens is 2. The maximum absolute atomic E-state index is 4.57. The highest BCUT2D eigenvalue weighted by Crippen LogP contribution is 2.09. The van der Waals surface area contributed by atoms with E-state index >= 15 is 0 Å². The van der Waals surface area contributed by atoms with Crippen LogP contribution in [0.1, 0.15) is 58.7 Å². The Morgan fingerprint density at radius 2 is 2.12 bits per heavy atom. The van der Waals surface area contributed by atoms with Crippen molar-refractivity contribution in [1.82, 2.24) is 15.1 Å². The van der Waals surface area contributed by atoms with Crippen LogP contribution in [0.25, 0.3) is 0 Å². The molecule has 0 aromatic carbocycles. The van der Waals surface area contributed by atoms with Gasteiger partial charge in [0.15, 0.2) is 0 Å². The van der Waals surface area contributed by atoms with Crippen LogP contribution in [0, 0.1) is 5.92 Å². The van der Waals surface area contributed by atoms with Gasteiger partial charge < -0.3 is 5.32 Å². The van der Waals surface area contributed by atoms with E-state index in [1.165, 1.54) is 12.8 Å². The van der Waals surface area contributed by atoms with Crippen LogP contribution >= 0.6 is 0 Å². The Balaban J connectivity index is 2.21. The fourth-order valence-electron chi connectivity index (χ4n) is 1.76. The Kier molecular flexibility index (Phi) is 6.27. The van der Waals surface area contributed by atoms with Crippen LogP contribution in [0.15, 0.2) is 12.3 Å². The highest BCUT2D eigenvalue weighted by molar-refractivity contribution is 4.99. The van der Waals surface area contributed by atoms with E-state index in [1.807, 2.05) is 0 Å². The molecule has 0 spiro atoms. The number of hydrogen-bond donors (Lipinski definition) is 1. The Hall–Kier alpha value is -0.830. The van der Waals surface area contributed by atoms with Gasteiger partial charge in [-0.05, 0) is 44.7 Å². The molecule has 98 valence electrons. The van der Waals surface area contributed by atoms with Crippen LogP contribution < -0.4 is 5.32 Å². The molecule has 0 aliphatic carbocycles. The Morgan fingerprint density at radius 3 is 2.76 bits per heavy atom. The van der Waals surface area contributed by atoms with E-state index in [0.29, 0.717) is 6.04 Å². The molecule has 1 aromatic heterocycles. The van der Waals surface area contributed by atoms with Crippen LogP contribution in [0.5, 0.6) is 0 Å². The van der Waals surface area contributed by atoms with E-state index in [1.54, 1.807) is 0 Å². The maximum atomic E-state index is 4.57. The molecule has 0 fully saturated rings. The van der Waals surface area contributed by atoms with Gasteiger partial charge in [-0.25, -0.2) is 0 Å². The van der Waals surface area contributed by atoms with Gasteiger partial charge in [0, 0.05) is 18.8 Å². The maximum Gasteiger partial charge on any atom is 0.0762 e. The standard InChI is InChI=1S/C14H27N3/c1-5-13(4)17-10-8-14(16-17)11-15-9-6-7-12(2)3/h8,10,12-13,15H,5-7,9,11H2,1-4H3. The number of nitrogens with one attached hydrogen (secondary N) is 1. The summed E-state index contributed by atoms with van der Waals surface area (Å²) in [7, 11) is 0. The first kappa shape index (κ1) is 14.2. The molecule has 0 saturated carbocycles. The molecule has 3 heteroatoms. The molecule has 1 N–H and O–H groups in total. The van der Waals surface area contributed by atoms with Gasteiger partial charge in [0.05, 0.1) is 5.69 Å². The van der Waals surface area contributed by atoms with Crippen molar-refractivity contribution >= 4 is 0 Å². The van der Waals surface area contributed by atoms with Crippen molar-refractivity contribution in [2.24, 2.45) is 5.92 Å². The van der Waals surface area contributed by atoms with Crippen LogP contribution in [0.4, 0.5) is 0 Å². The lowest BCUT2D eigenvalue weighted by Crippen LogP contribution is -2.16. The zero-order chi connectivity index (χ0) is 12.7. The molecular weight excluding hydrogens is 210 g/mol. The van der Waals surface area contributed by atoms with Crippen molar-refractivity contribution in [3.63, 3.8) is 0 Å². The van der Waals surface area contributed by atoms with Crippen molar-refractivity contribution in [2.75, 3.05) is 6.54 Å². The molecule has 17 heavy (non-hydrogen) atoms. The minimum atomic E-state index is 0.504. The minimum absolute atomic E-state index is 0.504. The largest absolute Gasteiger partial charge is 0.311 e. The summed E-state index contributed by atoms with van der Waals surface area (Å²) in [5.41, 5.74) is 1.15. The summed E-state index contributed by atoms with van der Waals surface area (Å²) in [4.78, 5) is 0. The molecule has 1 aromatic rings. The molecular formula is C14H27N3. The van der Waals surface area contributed by atoms with Gasteiger partial charge in [-0.2, -0.15) is 5.10 Å². The fourth-order valence-corrected chi connectivity index (χ4v) is 1.76. The molecule has 3 nitrogen and oxygen atoms in total. The zero-order valence-corrected chi connectivity index (χ0v) is 11.7. The molecule has 0 radical (unpaired) electrons. The second-order valence-corrected chi connectivity index (χ2v) is 5.26. The molecule has 1 atom stereocenters. The Bertz CT molecular complexity index is 304. The molecule has 1 unspecified atom stereocenters. The van der Waals surface area contributed by atoms with Crippen molar-refractivity contribution in [3.8, 4) is 0 Å². The van der Waals surface area contributed by atoms with Gasteiger partial charge in [0.25, 0.3) is 0 Å². The lowest BCUT2D eigenvalue weighted by Gasteiger charge is -2.08. The highest BCUT2D eigenvalue weighted by Gasteiger charge is 2.03. The van der Waals surface area contributed by atoms with Crippen molar-refractivity contribution in [3.05, 3.63) is 18.0 Å². The molecule has 0 bridgehead atoms. The minimum Gasteiger partial charge on any atom is -0.311 e. The number of rotatable bonds is 8. The Labute approximate surface area is 106 Å². The van der Waals surface area contributed by atoms with E-state index < -0.39 is 0 Å². The third kappa shape index (κ3) is 5.35. The summed E-state index contributed by atoms with van der Waals surface area (Å²) in [5.74, 6) is 0.807. The average Bonchev–Trinajstić information content (AvgIpc) is 2.76. The van der Waals surface area contributed by atoms with Gasteiger partial charge in [-0.1, -0.05) is 20.8 Å². The van der Waals surface area contributed by atoms with Gasteiger partial charge >= 0.3 is 0 Å². The smallest absolute Gasteiger partial charge is 0.0762 e. The van der Waals surface area contributed by atoms with E-state index in [2.05, 4.69) is 55.1 Å². The summed E-state index contributed by atoms with van der Waals surface area (Å²) < 4.78 is 2.06. The topological polar surface area (TPSA) is 29.9 Å². The molecule has 0 aliphatic rings. The normalized spacial score (nSPS) is 13.2. The summed E-state index contributed by atoms with van der Waals surface area (Å²) in [6.45, 7) is 10.9. The van der Waals surface area contributed by atoms with E-state index in [9.17, 15) is 0 Å². The van der Waals surface area contributed by atoms with Crippen molar-refractivity contribution in [1.29, 1.82) is 0 Å². The molecule has 0 saturated heterocycles. The van der Waals surface area contributed by atoms with E-state index in [-0.39, 0.29) is 0 Å². The molecule has 1 heterocycles. The first-order valence-electron chi connectivity index (χ1n) is 6.88. The van der Waals surface area contributed by atoms with Gasteiger partial charge in [-0.3, -0.25) is 4.68 Å². The summed E-state index contributed by atoms with van der Waals surface area (Å²) in [5, 5.41) is 8.02. The van der Waals surface area contributed by atoms with Crippen LogP contribution in [0.3, 0.4) is 0 Å². The number of nitrogens with zero attached hydrogens (tertiary/aromatic N) is 2. The van der Waals surface area contributed by atoms with Gasteiger partial charge in [-0.15, -0.1) is 0 Å². The monoisotopic (exact) mass is 237 g/mol. The predicted octanol–water partition coefficient (Wildman–Crippen LogP) is 3.38. The molecule has 0 amide bonds. The lowest BCUT2D eigenvalue weighted by molar-refractivity contribution is 0.469. The first-order valence-corrected chi connectivity index (χ1v) is 6.88. The second-order valence-electron chi connectivity index (χ2n) is 5.26. The van der Waals surface area contributed by atoms with Crippen LogP contribution in [-0.2, 0) is 6.54 Å². The van der Waals surface area contributed by atoms with Crippen LogP contribution in [0.2, 0.25) is 0 Å². The first-order chi connectivity index (χ1) is 8.13. The van der Waals surface area contributed by atoms with Gasteiger partial charge in [0.1, 0.15) is 0 Å². The van der Waals surface area contributed by atoms with Crippen molar-refractivity contribution in [2.45, 2.75) is 59.5 Å². The predicted molar refractivity (Wildman–Crippen MR) is 73.0 cm³/mol. The van der Waals surface area contributed by atoms with E-state index in [0.717, 1.165) is 31.1 Å².